The van der Waals surface area contributed by atoms with Crippen LogP contribution in [0.2, 0.25) is 27.3 Å². The van der Waals surface area contributed by atoms with Gasteiger partial charge in [-0.2, -0.15) is 0 Å². The number of carbonyl (C=O) groups is 6. The van der Waals surface area contributed by atoms with Crippen molar-refractivity contribution in [1.82, 2.24) is 34.4 Å². The number of carbonyl (C=O) groups excluding carboxylic acids is 6. The van der Waals surface area contributed by atoms with Gasteiger partial charge >= 0.3 is 28.2 Å². The molecule has 11 heterocycles. The molecule has 11 aliphatic heterocycles. The molecule has 458 valence electrons. The van der Waals surface area contributed by atoms with Gasteiger partial charge in [-0.3, -0.25) is 33.7 Å². The predicted octanol–water partition coefficient (Wildman–Crippen LogP) is 4.78. The molecule has 0 aliphatic carbocycles. The second-order valence-corrected chi connectivity index (χ2v) is 25.2. The topological polar surface area (TPSA) is 241 Å². The summed E-state index contributed by atoms with van der Waals surface area (Å²) in [6, 6.07) is 0.468. The zero-order valence-electron chi connectivity index (χ0n) is 50.6. The van der Waals surface area contributed by atoms with Crippen molar-refractivity contribution in [2.75, 3.05) is 115 Å². The normalized spacial score (nSPS) is 25.4. The lowest BCUT2D eigenvalue weighted by molar-refractivity contribution is -0.121. The molecule has 1 unspecified atom stereocenters. The summed E-state index contributed by atoms with van der Waals surface area (Å²) in [5.41, 5.74) is 8.34. The first kappa shape index (κ1) is 73.5. The highest BCUT2D eigenvalue weighted by Crippen LogP contribution is 2.27. The van der Waals surface area contributed by atoms with E-state index in [9.17, 15) is 43.8 Å². The second-order valence-electron chi connectivity index (χ2n) is 24.1. The average Bonchev–Trinajstić information content (AvgIpc) is 3.91. The maximum atomic E-state index is 11.2. The Morgan fingerprint density at radius 3 is 1.30 bits per heavy atom. The van der Waals surface area contributed by atoms with Gasteiger partial charge < -0.3 is 55.3 Å². The largest absolute Gasteiger partial charge is 0.437 e. The Hall–Kier alpha value is -1.76. The van der Waals surface area contributed by atoms with Crippen LogP contribution in [0.15, 0.2) is 23.3 Å². The van der Waals surface area contributed by atoms with Crippen molar-refractivity contribution in [3.8, 4) is 0 Å². The maximum Gasteiger partial charge on any atom is 0.376 e. The number of hydrogen-bond acceptors (Lipinski definition) is 18. The fraction of sp³-hybridized carbons (Fsp3) is 0.825. The molecule has 4 bridgehead atoms. The van der Waals surface area contributed by atoms with E-state index in [1.165, 1.54) is 69.2 Å². The minimum absolute atomic E-state index is 0.125. The molecule has 0 aromatic heterocycles. The van der Waals surface area contributed by atoms with Gasteiger partial charge in [0.15, 0.2) is 11.6 Å². The number of nitrogens with one attached hydrogen (secondary N) is 1. The summed E-state index contributed by atoms with van der Waals surface area (Å²) < 4.78 is 0. The molecule has 0 spiro atoms. The Morgan fingerprint density at radius 1 is 0.531 bits per heavy atom. The summed E-state index contributed by atoms with van der Waals surface area (Å²) >= 11 is 6.35. The van der Waals surface area contributed by atoms with Crippen molar-refractivity contribution in [1.29, 1.82) is 0 Å². The molecule has 0 amide bonds. The van der Waals surface area contributed by atoms with Crippen molar-refractivity contribution >= 4 is 94.8 Å². The number of fused-ring (bicyclic) bond motifs is 8. The van der Waals surface area contributed by atoms with Gasteiger partial charge in [0.2, 0.25) is 0 Å². The summed E-state index contributed by atoms with van der Waals surface area (Å²) in [5, 5.41) is 41.3. The van der Waals surface area contributed by atoms with Crippen molar-refractivity contribution in [2.45, 2.75) is 163 Å². The zero-order valence-corrected chi connectivity index (χ0v) is 53.7. The quantitative estimate of drug-likeness (QED) is 0.0876. The van der Waals surface area contributed by atoms with Crippen LogP contribution in [0, 0.1) is 23.7 Å². The Bertz CT molecular complexity index is 1830. The van der Waals surface area contributed by atoms with E-state index < -0.39 is 7.05 Å². The van der Waals surface area contributed by atoms with Gasteiger partial charge in [0.25, 0.3) is 0 Å². The molecule has 0 aromatic rings. The first-order valence-corrected chi connectivity index (χ1v) is 33.0. The Kier molecular flexibility index (Phi) is 37.5. The smallest absolute Gasteiger partial charge is 0.376 e. The van der Waals surface area contributed by atoms with Crippen molar-refractivity contribution in [3.05, 3.63) is 23.3 Å². The number of piperidine rings is 7. The zero-order chi connectivity index (χ0) is 59.9. The Morgan fingerprint density at radius 2 is 0.901 bits per heavy atom. The van der Waals surface area contributed by atoms with Crippen LogP contribution in [0.5, 0.6) is 0 Å². The third kappa shape index (κ3) is 32.5. The van der Waals surface area contributed by atoms with Crippen LogP contribution in [-0.2, 0) is 28.8 Å². The van der Waals surface area contributed by atoms with E-state index in [4.69, 9.17) is 10.8 Å². The van der Waals surface area contributed by atoms with E-state index in [1.54, 1.807) is 53.3 Å². The number of nitrogens with two attached hydrogens (primary N) is 1. The van der Waals surface area contributed by atoms with Gasteiger partial charge in [0, 0.05) is 44.7 Å². The highest BCUT2D eigenvalue weighted by atomic mass is 79.9. The number of hydrogen-bond donors (Lipinski definition) is 6. The van der Waals surface area contributed by atoms with Crippen molar-refractivity contribution in [3.63, 3.8) is 0 Å². The lowest BCUT2D eigenvalue weighted by atomic mass is 9.80. The monoisotopic (exact) mass is 1260 g/mol. The second kappa shape index (κ2) is 41.4. The molecular formula is C57H104B4Br2N8O10. The summed E-state index contributed by atoms with van der Waals surface area (Å²) in [6.45, 7) is 25.9. The summed E-state index contributed by atoms with van der Waals surface area (Å²) in [5.74, 6) is 4.51. The van der Waals surface area contributed by atoms with E-state index in [2.05, 4.69) is 51.8 Å². The molecular weight excluding hydrogens is 1160 g/mol. The maximum absolute atomic E-state index is 11.2. The molecule has 81 heavy (non-hydrogen) atoms. The summed E-state index contributed by atoms with van der Waals surface area (Å²) in [6.07, 6.45) is 21.6. The van der Waals surface area contributed by atoms with Gasteiger partial charge in [-0.05, 0) is 252 Å². The van der Waals surface area contributed by atoms with Crippen LogP contribution in [0.1, 0.15) is 129 Å². The van der Waals surface area contributed by atoms with E-state index in [0.717, 1.165) is 155 Å². The third-order valence-electron chi connectivity index (χ3n) is 17.1. The molecule has 11 saturated heterocycles. The molecule has 7 N–H and O–H groups in total. The minimum atomic E-state index is -0.395. The van der Waals surface area contributed by atoms with E-state index in [0.29, 0.717) is 70.9 Å². The average molecular weight is 1260 g/mol. The standard InChI is InChI=1S/C9H17BBrNO2.2C9H16BNO2.C8H14BrNO.C8H16N2.C8H13NO.C6H12BNO2/c1-10(14)12-4-2-8(3-5-12)6-9(13)7-11;2*1-8(12)7-9-3-5-11(6-4-9)10(2)13;9-6-8(11)5-7-1-3-10-4-2-7;9-8-5-7-1-3-10(6-8)4-2-7;10-8-5-7-1-3-9(6-8)4-2-7;1-7(10)8-4-2-6(9)3-5-8/h8,14H,2-7H2,1H3;2*7,13H,3-6H2,1-2H3;7,10H,1-6H2;7-8H,1-6,9H2;7H,1-6H2;10H,2-5H2,1H3. The van der Waals surface area contributed by atoms with Gasteiger partial charge in [0.1, 0.15) is 23.1 Å². The van der Waals surface area contributed by atoms with Crippen molar-refractivity contribution in [2.24, 2.45) is 29.4 Å². The summed E-state index contributed by atoms with van der Waals surface area (Å²) in [7, 11) is -1.46. The van der Waals surface area contributed by atoms with Crippen molar-refractivity contribution < 1.29 is 48.9 Å². The Balaban J connectivity index is 0.000000249. The SMILES string of the molecule is CB(O)N1CCC(=CC(C)=O)CC1.CB(O)N1CCC(=CC(C)=O)CC1.CB(O)N1CCC(=O)CC1.CB(O)N1CCC(CC(=O)CBr)CC1.NC1CC2CCN(CC2)C1.O=C(CBr)CC1CCNCC1.O=C1CC2CCN(CC2)C1. The molecule has 0 saturated carbocycles. The highest BCUT2D eigenvalue weighted by Gasteiger charge is 2.29. The number of rotatable bonds is 12. The number of Topliss-reactive ketones (excluding diaryl/α,β-unsaturated/α-hetero) is 4. The number of alkyl halides is 2. The molecule has 11 rings (SSSR count). The molecule has 0 radical (unpaired) electrons. The van der Waals surface area contributed by atoms with Crippen LogP contribution < -0.4 is 11.1 Å². The third-order valence-corrected chi connectivity index (χ3v) is 18.3. The Labute approximate surface area is 506 Å². The van der Waals surface area contributed by atoms with Crippen LogP contribution in [0.3, 0.4) is 0 Å². The number of ketones is 6. The van der Waals surface area contributed by atoms with E-state index >= 15 is 0 Å². The first-order chi connectivity index (χ1) is 38.5. The molecule has 11 fully saturated rings. The van der Waals surface area contributed by atoms with Crippen LogP contribution >= 0.6 is 31.9 Å². The predicted molar refractivity (Wildman–Crippen MR) is 338 cm³/mol. The lowest BCUT2D eigenvalue weighted by Crippen LogP contribution is -2.43. The molecule has 18 nitrogen and oxygen atoms in total. The molecule has 0 aromatic carbocycles. The fourth-order valence-corrected chi connectivity index (χ4v) is 12.4. The number of halogens is 2. The van der Waals surface area contributed by atoms with Crippen LogP contribution in [0.25, 0.3) is 0 Å². The molecule has 1 atom stereocenters. The lowest BCUT2D eigenvalue weighted by Gasteiger charge is -2.32. The molecule has 11 aliphatic rings. The van der Waals surface area contributed by atoms with Gasteiger partial charge in [-0.25, -0.2) is 0 Å². The van der Waals surface area contributed by atoms with E-state index in [-0.39, 0.29) is 32.7 Å². The highest BCUT2D eigenvalue weighted by molar-refractivity contribution is 9.09. The number of nitrogens with zero attached hydrogens (tertiary/aromatic N) is 6. The molecule has 24 heteroatoms. The first-order valence-electron chi connectivity index (χ1n) is 30.7. The van der Waals surface area contributed by atoms with E-state index in [1.807, 2.05) is 14.4 Å². The number of allylic oxidation sites excluding steroid dienone is 2. The van der Waals surface area contributed by atoms with Crippen LogP contribution in [0.4, 0.5) is 0 Å². The van der Waals surface area contributed by atoms with Gasteiger partial charge in [-0.1, -0.05) is 43.0 Å². The van der Waals surface area contributed by atoms with Gasteiger partial charge in [0.05, 0.1) is 17.2 Å². The minimum Gasteiger partial charge on any atom is -0.437 e. The summed E-state index contributed by atoms with van der Waals surface area (Å²) in [4.78, 5) is 78.4. The van der Waals surface area contributed by atoms with Gasteiger partial charge in [-0.15, -0.1) is 0 Å². The fourth-order valence-electron chi connectivity index (χ4n) is 12.0. The van der Waals surface area contributed by atoms with Crippen LogP contribution in [-0.4, -0.2) is 233 Å².